The van der Waals surface area contributed by atoms with E-state index in [1.807, 2.05) is 6.92 Å². The minimum atomic E-state index is -1.31. The molecule has 0 spiro atoms. The van der Waals surface area contributed by atoms with Crippen LogP contribution in [0.1, 0.15) is 28.1 Å². The van der Waals surface area contributed by atoms with Gasteiger partial charge < -0.3 is 15.3 Å². The van der Waals surface area contributed by atoms with E-state index < -0.39 is 24.6 Å². The molecule has 1 aromatic rings. The standard InChI is InChI=1S/C9H13NO4S/c1-4-5(2)15-9(10-4)8(14)6(11)3-7(12)13/h6,8,11,14H,3H2,1-2H3,(H,12,13). The number of nitrogens with zero attached hydrogens (tertiary/aromatic N) is 1. The Labute approximate surface area is 91.0 Å². The van der Waals surface area contributed by atoms with Gasteiger partial charge in [0.25, 0.3) is 0 Å². The number of rotatable bonds is 4. The van der Waals surface area contributed by atoms with Gasteiger partial charge in [0.15, 0.2) is 0 Å². The Morgan fingerprint density at radius 1 is 1.47 bits per heavy atom. The highest BCUT2D eigenvalue weighted by molar-refractivity contribution is 7.11. The van der Waals surface area contributed by atoms with Crippen molar-refractivity contribution in [1.82, 2.24) is 4.98 Å². The Bertz CT molecular complexity index is 343. The maximum absolute atomic E-state index is 10.3. The van der Waals surface area contributed by atoms with E-state index in [-0.39, 0.29) is 0 Å². The van der Waals surface area contributed by atoms with E-state index in [0.717, 1.165) is 10.6 Å². The molecule has 0 bridgehead atoms. The molecule has 0 saturated carbocycles. The highest BCUT2D eigenvalue weighted by atomic mass is 32.1. The number of aryl methyl sites for hydroxylation is 2. The summed E-state index contributed by atoms with van der Waals surface area (Å²) in [5, 5.41) is 27.8. The number of hydrogen-bond donors (Lipinski definition) is 3. The second kappa shape index (κ2) is 4.69. The topological polar surface area (TPSA) is 90.7 Å². The van der Waals surface area contributed by atoms with Crippen molar-refractivity contribution >= 4 is 17.3 Å². The third kappa shape index (κ3) is 2.98. The summed E-state index contributed by atoms with van der Waals surface area (Å²) in [7, 11) is 0. The highest BCUT2D eigenvalue weighted by Gasteiger charge is 2.24. The summed E-state index contributed by atoms with van der Waals surface area (Å²) >= 11 is 1.26. The molecule has 1 rings (SSSR count). The summed E-state index contributed by atoms with van der Waals surface area (Å²) < 4.78 is 0. The van der Waals surface area contributed by atoms with E-state index in [0.29, 0.717) is 5.01 Å². The lowest BCUT2D eigenvalue weighted by molar-refractivity contribution is -0.141. The number of aromatic nitrogens is 1. The van der Waals surface area contributed by atoms with Crippen LogP contribution in [-0.2, 0) is 4.79 Å². The molecule has 0 radical (unpaired) electrons. The van der Waals surface area contributed by atoms with E-state index in [2.05, 4.69) is 4.98 Å². The van der Waals surface area contributed by atoms with Crippen molar-refractivity contribution in [3.05, 3.63) is 15.6 Å². The summed E-state index contributed by atoms with van der Waals surface area (Å²) in [6.45, 7) is 3.65. The first-order valence-electron chi connectivity index (χ1n) is 4.43. The Morgan fingerprint density at radius 3 is 2.47 bits per heavy atom. The fourth-order valence-corrected chi connectivity index (χ4v) is 2.05. The van der Waals surface area contributed by atoms with Gasteiger partial charge in [0.1, 0.15) is 11.1 Å². The molecule has 6 heteroatoms. The minimum Gasteiger partial charge on any atom is -0.481 e. The third-order valence-corrected chi connectivity index (χ3v) is 3.19. The Hall–Kier alpha value is -0.980. The third-order valence-electron chi connectivity index (χ3n) is 2.05. The van der Waals surface area contributed by atoms with Gasteiger partial charge in [-0.05, 0) is 13.8 Å². The van der Waals surface area contributed by atoms with Crippen LogP contribution in [0.15, 0.2) is 0 Å². The van der Waals surface area contributed by atoms with Crippen molar-refractivity contribution in [2.24, 2.45) is 0 Å². The molecule has 0 aromatic carbocycles. The molecule has 0 fully saturated rings. The molecule has 0 aliphatic rings. The van der Waals surface area contributed by atoms with Crippen LogP contribution in [0.4, 0.5) is 0 Å². The summed E-state index contributed by atoms with van der Waals surface area (Å²) in [6.07, 6.45) is -3.02. The second-order valence-corrected chi connectivity index (χ2v) is 4.54. The van der Waals surface area contributed by atoms with Crippen molar-refractivity contribution in [2.45, 2.75) is 32.5 Å². The van der Waals surface area contributed by atoms with E-state index in [9.17, 15) is 15.0 Å². The summed E-state index contributed by atoms with van der Waals surface area (Å²) in [5.74, 6) is -1.15. The summed E-state index contributed by atoms with van der Waals surface area (Å²) in [6, 6.07) is 0. The number of hydrogen-bond acceptors (Lipinski definition) is 5. The van der Waals surface area contributed by atoms with E-state index in [4.69, 9.17) is 5.11 Å². The van der Waals surface area contributed by atoms with Gasteiger partial charge in [-0.25, -0.2) is 4.98 Å². The van der Waals surface area contributed by atoms with Gasteiger partial charge in [-0.1, -0.05) is 0 Å². The molecule has 3 N–H and O–H groups in total. The molecular formula is C9H13NO4S. The van der Waals surface area contributed by atoms with Gasteiger partial charge >= 0.3 is 5.97 Å². The lowest BCUT2D eigenvalue weighted by Gasteiger charge is -2.12. The quantitative estimate of drug-likeness (QED) is 0.707. The van der Waals surface area contributed by atoms with Crippen LogP contribution in [0.25, 0.3) is 0 Å². The van der Waals surface area contributed by atoms with E-state index in [1.54, 1.807) is 6.92 Å². The fourth-order valence-electron chi connectivity index (χ4n) is 1.08. The number of carboxylic acid groups (broad SMARTS) is 1. The van der Waals surface area contributed by atoms with Crippen LogP contribution in [-0.4, -0.2) is 32.4 Å². The van der Waals surface area contributed by atoms with Crippen molar-refractivity contribution in [1.29, 1.82) is 0 Å². The van der Waals surface area contributed by atoms with Crippen molar-refractivity contribution in [2.75, 3.05) is 0 Å². The van der Waals surface area contributed by atoms with E-state index >= 15 is 0 Å². The first-order valence-corrected chi connectivity index (χ1v) is 5.25. The van der Waals surface area contributed by atoms with Crippen molar-refractivity contribution < 1.29 is 20.1 Å². The van der Waals surface area contributed by atoms with Crippen molar-refractivity contribution in [3.8, 4) is 0 Å². The van der Waals surface area contributed by atoms with Crippen LogP contribution >= 0.6 is 11.3 Å². The van der Waals surface area contributed by atoms with Gasteiger partial charge in [0, 0.05) is 4.88 Å². The van der Waals surface area contributed by atoms with Crippen LogP contribution in [0.2, 0.25) is 0 Å². The predicted molar refractivity (Wildman–Crippen MR) is 54.8 cm³/mol. The normalized spacial score (nSPS) is 14.9. The molecule has 0 aliphatic heterocycles. The van der Waals surface area contributed by atoms with Crippen LogP contribution in [0.5, 0.6) is 0 Å². The van der Waals surface area contributed by atoms with Gasteiger partial charge in [-0.15, -0.1) is 11.3 Å². The lowest BCUT2D eigenvalue weighted by atomic mass is 10.1. The molecule has 5 nitrogen and oxygen atoms in total. The zero-order valence-electron chi connectivity index (χ0n) is 8.47. The molecule has 2 atom stereocenters. The van der Waals surface area contributed by atoms with Crippen molar-refractivity contribution in [3.63, 3.8) is 0 Å². The molecule has 0 amide bonds. The largest absolute Gasteiger partial charge is 0.481 e. The first-order chi connectivity index (χ1) is 6.91. The second-order valence-electron chi connectivity index (χ2n) is 3.30. The molecule has 0 aliphatic carbocycles. The average Bonchev–Trinajstić information content (AvgIpc) is 2.44. The monoisotopic (exact) mass is 231 g/mol. The maximum atomic E-state index is 10.3. The van der Waals surface area contributed by atoms with Gasteiger partial charge in [-0.2, -0.15) is 0 Å². The number of aliphatic carboxylic acids is 1. The van der Waals surface area contributed by atoms with Crippen LogP contribution in [0.3, 0.4) is 0 Å². The minimum absolute atomic E-state index is 0.360. The number of thiazole rings is 1. The number of aliphatic hydroxyl groups excluding tert-OH is 2. The smallest absolute Gasteiger partial charge is 0.306 e. The molecule has 15 heavy (non-hydrogen) atoms. The molecular weight excluding hydrogens is 218 g/mol. The Morgan fingerprint density at radius 2 is 2.07 bits per heavy atom. The number of carboxylic acids is 1. The van der Waals surface area contributed by atoms with Crippen LogP contribution < -0.4 is 0 Å². The first kappa shape index (κ1) is 12.1. The van der Waals surface area contributed by atoms with Gasteiger partial charge in [0.2, 0.25) is 0 Å². The molecule has 2 unspecified atom stereocenters. The van der Waals surface area contributed by atoms with Gasteiger partial charge in [0.05, 0.1) is 18.2 Å². The Balaban J connectivity index is 2.75. The highest BCUT2D eigenvalue weighted by Crippen LogP contribution is 2.25. The molecule has 1 aromatic heterocycles. The number of carbonyl (C=O) groups is 1. The summed E-state index contributed by atoms with van der Waals surface area (Å²) in [5.41, 5.74) is 0.788. The fraction of sp³-hybridized carbons (Fsp3) is 0.556. The zero-order chi connectivity index (χ0) is 11.6. The Kier molecular flexibility index (Phi) is 3.78. The van der Waals surface area contributed by atoms with Crippen LogP contribution in [0, 0.1) is 13.8 Å². The van der Waals surface area contributed by atoms with Gasteiger partial charge in [-0.3, -0.25) is 4.79 Å². The zero-order valence-corrected chi connectivity index (χ0v) is 9.28. The molecule has 1 heterocycles. The lowest BCUT2D eigenvalue weighted by Crippen LogP contribution is -2.21. The maximum Gasteiger partial charge on any atom is 0.306 e. The summed E-state index contributed by atoms with van der Waals surface area (Å²) in [4.78, 5) is 15.3. The number of aliphatic hydroxyl groups is 2. The molecule has 0 saturated heterocycles. The predicted octanol–water partition coefficient (Wildman–Crippen LogP) is 0.629. The SMILES string of the molecule is Cc1nc(C(O)C(O)CC(=O)O)sc1C. The van der Waals surface area contributed by atoms with E-state index in [1.165, 1.54) is 11.3 Å². The average molecular weight is 231 g/mol. The molecule has 84 valence electrons.